The molecular formula is C10H22N4O2. The van der Waals surface area contributed by atoms with Crippen LogP contribution in [0.5, 0.6) is 0 Å². The smallest absolute Gasteiger partial charge is 0.153 e. The van der Waals surface area contributed by atoms with Gasteiger partial charge in [0.2, 0.25) is 0 Å². The van der Waals surface area contributed by atoms with Gasteiger partial charge in [-0.3, -0.25) is 4.90 Å². The summed E-state index contributed by atoms with van der Waals surface area (Å²) in [5.74, 6) is 0.285. The number of amidine groups is 1. The van der Waals surface area contributed by atoms with E-state index in [4.69, 9.17) is 15.7 Å². The van der Waals surface area contributed by atoms with Crippen molar-refractivity contribution in [3.8, 4) is 0 Å². The third kappa shape index (κ3) is 4.78. The fraction of sp³-hybridized carbons (Fsp3) is 0.900. The predicted molar refractivity (Wildman–Crippen MR) is 62.8 cm³/mol. The number of piperazine rings is 1. The molecule has 0 unspecified atom stereocenters. The summed E-state index contributed by atoms with van der Waals surface area (Å²) in [6, 6.07) is 0. The van der Waals surface area contributed by atoms with E-state index in [0.29, 0.717) is 6.54 Å². The predicted octanol–water partition coefficient (Wildman–Crippen LogP) is -0.613. The normalized spacial score (nSPS) is 20.2. The maximum atomic E-state index is 8.47. The molecule has 1 fully saturated rings. The zero-order valence-corrected chi connectivity index (χ0v) is 9.93. The van der Waals surface area contributed by atoms with Crippen molar-refractivity contribution in [2.75, 3.05) is 53.0 Å². The highest BCUT2D eigenvalue weighted by molar-refractivity contribution is 5.81. The summed E-state index contributed by atoms with van der Waals surface area (Å²) in [6.45, 7) is 6.51. The molecule has 1 saturated heterocycles. The second kappa shape index (κ2) is 7.43. The highest BCUT2D eigenvalue weighted by Crippen LogP contribution is 2.02. The molecule has 6 nitrogen and oxygen atoms in total. The first-order chi connectivity index (χ1) is 7.76. The Hall–Kier alpha value is -0.850. The Morgan fingerprint density at radius 3 is 2.50 bits per heavy atom. The fourth-order valence-corrected chi connectivity index (χ4v) is 1.86. The van der Waals surface area contributed by atoms with E-state index in [2.05, 4.69) is 15.0 Å². The van der Waals surface area contributed by atoms with Crippen LogP contribution in [0.3, 0.4) is 0 Å². The fourth-order valence-electron chi connectivity index (χ4n) is 1.86. The summed E-state index contributed by atoms with van der Waals surface area (Å²) in [6.07, 6.45) is 1.08. The molecule has 0 bridgehead atoms. The number of methoxy groups -OCH3 is 1. The Morgan fingerprint density at radius 2 is 1.94 bits per heavy atom. The first-order valence-corrected chi connectivity index (χ1v) is 5.66. The lowest BCUT2D eigenvalue weighted by molar-refractivity contribution is 0.125. The Bertz CT molecular complexity index is 215. The van der Waals surface area contributed by atoms with Crippen molar-refractivity contribution in [3.05, 3.63) is 0 Å². The summed E-state index contributed by atoms with van der Waals surface area (Å²) >= 11 is 0. The molecule has 1 aliphatic heterocycles. The third-order valence-corrected chi connectivity index (χ3v) is 2.80. The van der Waals surface area contributed by atoms with E-state index < -0.39 is 0 Å². The number of rotatable bonds is 6. The van der Waals surface area contributed by atoms with E-state index in [-0.39, 0.29) is 5.84 Å². The Morgan fingerprint density at radius 1 is 1.31 bits per heavy atom. The van der Waals surface area contributed by atoms with Crippen LogP contribution in [-0.2, 0) is 4.74 Å². The van der Waals surface area contributed by atoms with Gasteiger partial charge in [-0.05, 0) is 6.42 Å². The van der Waals surface area contributed by atoms with Gasteiger partial charge in [-0.2, -0.15) is 0 Å². The molecule has 0 spiro atoms. The zero-order valence-electron chi connectivity index (χ0n) is 9.93. The molecule has 0 aliphatic carbocycles. The van der Waals surface area contributed by atoms with Crippen molar-refractivity contribution in [2.24, 2.45) is 10.9 Å². The van der Waals surface area contributed by atoms with Gasteiger partial charge in [-0.15, -0.1) is 0 Å². The van der Waals surface area contributed by atoms with E-state index in [1.54, 1.807) is 7.11 Å². The molecule has 1 rings (SSSR count). The number of oxime groups is 1. The third-order valence-electron chi connectivity index (χ3n) is 2.80. The molecule has 6 heteroatoms. The summed E-state index contributed by atoms with van der Waals surface area (Å²) < 4.78 is 5.02. The topological polar surface area (TPSA) is 74.3 Å². The standard InChI is InChI=1S/C10H22N4O2/c1-16-8-2-3-13-4-6-14(7-5-13)9-10(11)12-15/h15H,2-9H2,1H3,(H2,11,12). The number of ether oxygens (including phenoxy) is 1. The van der Waals surface area contributed by atoms with Gasteiger partial charge >= 0.3 is 0 Å². The molecule has 1 heterocycles. The van der Waals surface area contributed by atoms with Crippen molar-refractivity contribution in [2.45, 2.75) is 6.42 Å². The summed E-state index contributed by atoms with van der Waals surface area (Å²) in [4.78, 5) is 4.61. The van der Waals surface area contributed by atoms with Crippen molar-refractivity contribution in [1.29, 1.82) is 0 Å². The van der Waals surface area contributed by atoms with Crippen LogP contribution in [0.1, 0.15) is 6.42 Å². The van der Waals surface area contributed by atoms with Gasteiger partial charge in [0.15, 0.2) is 5.84 Å². The first kappa shape index (κ1) is 13.2. The van der Waals surface area contributed by atoms with E-state index in [1.165, 1.54) is 0 Å². The monoisotopic (exact) mass is 230 g/mol. The minimum absolute atomic E-state index is 0.285. The van der Waals surface area contributed by atoms with Gasteiger partial charge < -0.3 is 20.6 Å². The lowest BCUT2D eigenvalue weighted by Crippen LogP contribution is -2.49. The maximum absolute atomic E-state index is 8.47. The maximum Gasteiger partial charge on any atom is 0.153 e. The second-order valence-electron chi connectivity index (χ2n) is 4.06. The van der Waals surface area contributed by atoms with Gasteiger partial charge in [0.25, 0.3) is 0 Å². The quantitative estimate of drug-likeness (QED) is 0.209. The average Bonchev–Trinajstić information content (AvgIpc) is 2.31. The van der Waals surface area contributed by atoms with Crippen LogP contribution in [0.25, 0.3) is 0 Å². The summed E-state index contributed by atoms with van der Waals surface area (Å²) in [5, 5.41) is 11.5. The minimum atomic E-state index is 0.285. The molecular weight excluding hydrogens is 208 g/mol. The average molecular weight is 230 g/mol. The molecule has 3 N–H and O–H groups in total. The van der Waals surface area contributed by atoms with E-state index >= 15 is 0 Å². The number of hydrogen-bond donors (Lipinski definition) is 2. The molecule has 0 atom stereocenters. The van der Waals surface area contributed by atoms with Crippen molar-refractivity contribution in [1.82, 2.24) is 9.80 Å². The van der Waals surface area contributed by atoms with Gasteiger partial charge in [-0.25, -0.2) is 0 Å². The van der Waals surface area contributed by atoms with Crippen LogP contribution < -0.4 is 5.73 Å². The van der Waals surface area contributed by atoms with Gasteiger partial charge in [0.05, 0.1) is 6.54 Å². The van der Waals surface area contributed by atoms with Crippen molar-refractivity contribution < 1.29 is 9.94 Å². The number of hydrogen-bond acceptors (Lipinski definition) is 5. The molecule has 0 aromatic rings. The first-order valence-electron chi connectivity index (χ1n) is 5.66. The second-order valence-corrected chi connectivity index (χ2v) is 4.06. The Kier molecular flexibility index (Phi) is 6.14. The van der Waals surface area contributed by atoms with Gasteiger partial charge in [-0.1, -0.05) is 5.16 Å². The Balaban J connectivity index is 2.13. The van der Waals surface area contributed by atoms with Crippen LogP contribution in [0.4, 0.5) is 0 Å². The zero-order chi connectivity index (χ0) is 11.8. The molecule has 94 valence electrons. The lowest BCUT2D eigenvalue weighted by Gasteiger charge is -2.34. The minimum Gasteiger partial charge on any atom is -0.409 e. The number of nitrogens with zero attached hydrogens (tertiary/aromatic N) is 3. The van der Waals surface area contributed by atoms with E-state index in [9.17, 15) is 0 Å². The SMILES string of the molecule is COCCCN1CCN(CC(N)=NO)CC1. The van der Waals surface area contributed by atoms with Crippen LogP contribution in [0.15, 0.2) is 5.16 Å². The van der Waals surface area contributed by atoms with E-state index in [0.717, 1.165) is 45.8 Å². The largest absolute Gasteiger partial charge is 0.409 e. The summed E-state index contributed by atoms with van der Waals surface area (Å²) in [5.41, 5.74) is 5.46. The van der Waals surface area contributed by atoms with Gasteiger partial charge in [0, 0.05) is 46.4 Å². The van der Waals surface area contributed by atoms with Crippen molar-refractivity contribution >= 4 is 5.84 Å². The molecule has 1 aliphatic rings. The van der Waals surface area contributed by atoms with Gasteiger partial charge in [0.1, 0.15) is 0 Å². The Labute approximate surface area is 96.6 Å². The molecule has 0 aromatic carbocycles. The van der Waals surface area contributed by atoms with Crippen molar-refractivity contribution in [3.63, 3.8) is 0 Å². The highest BCUT2D eigenvalue weighted by Gasteiger charge is 2.16. The van der Waals surface area contributed by atoms with Crippen LogP contribution in [0.2, 0.25) is 0 Å². The van der Waals surface area contributed by atoms with Crippen LogP contribution >= 0.6 is 0 Å². The molecule has 0 aromatic heterocycles. The lowest BCUT2D eigenvalue weighted by atomic mass is 10.3. The molecule has 0 amide bonds. The summed E-state index contributed by atoms with van der Waals surface area (Å²) in [7, 11) is 1.73. The van der Waals surface area contributed by atoms with E-state index in [1.807, 2.05) is 0 Å². The van der Waals surface area contributed by atoms with Crippen LogP contribution in [-0.4, -0.2) is 73.8 Å². The molecule has 16 heavy (non-hydrogen) atoms. The molecule has 0 saturated carbocycles. The molecule has 0 radical (unpaired) electrons. The van der Waals surface area contributed by atoms with Crippen LogP contribution in [0, 0.1) is 0 Å². The highest BCUT2D eigenvalue weighted by atomic mass is 16.5. The number of nitrogens with two attached hydrogens (primary N) is 1.